The summed E-state index contributed by atoms with van der Waals surface area (Å²) < 4.78 is 18.5. The van der Waals surface area contributed by atoms with Crippen LogP contribution in [0.5, 0.6) is 5.75 Å². The zero-order valence-electron chi connectivity index (χ0n) is 21.9. The van der Waals surface area contributed by atoms with Gasteiger partial charge in [0.15, 0.2) is 5.82 Å². The standard InChI is InChI=1S/C26H33N7O4/c1-6-19-23-24(33-14-18(36-4)12-21(33)25(34)32(23)9-10-35-3)30-26(29-19)28-17-7-8-20(22(11-17)37-5)31-13-16(2)27-15-31/h7-8,11,13,15,18,21H,6,9-10,12,14H2,1-5H3,(H,28,29,30). The molecule has 3 aromatic rings. The Bertz CT molecular complexity index is 1290. The molecule has 0 radical (unpaired) electrons. The highest BCUT2D eigenvalue weighted by Gasteiger charge is 2.46. The Morgan fingerprint density at radius 1 is 1.19 bits per heavy atom. The van der Waals surface area contributed by atoms with Crippen molar-refractivity contribution < 1.29 is 19.0 Å². The summed E-state index contributed by atoms with van der Waals surface area (Å²) in [5, 5.41) is 3.35. The summed E-state index contributed by atoms with van der Waals surface area (Å²) in [5.74, 6) is 1.93. The number of benzene rings is 1. The Balaban J connectivity index is 1.52. The van der Waals surface area contributed by atoms with Crippen LogP contribution in [0, 0.1) is 6.92 Å². The largest absolute Gasteiger partial charge is 0.494 e. The molecule has 0 saturated carbocycles. The van der Waals surface area contributed by atoms with Crippen molar-refractivity contribution in [2.45, 2.75) is 38.8 Å². The van der Waals surface area contributed by atoms with Crippen molar-refractivity contribution in [2.24, 2.45) is 0 Å². The molecule has 11 nitrogen and oxygen atoms in total. The van der Waals surface area contributed by atoms with Crippen molar-refractivity contribution in [3.05, 3.63) is 42.1 Å². The van der Waals surface area contributed by atoms with E-state index in [0.29, 0.717) is 44.2 Å². The van der Waals surface area contributed by atoms with Crippen LogP contribution in [0.15, 0.2) is 30.7 Å². The number of methoxy groups -OCH3 is 3. The highest BCUT2D eigenvalue weighted by atomic mass is 16.5. The van der Waals surface area contributed by atoms with E-state index in [9.17, 15) is 4.79 Å². The van der Waals surface area contributed by atoms with Crippen molar-refractivity contribution in [3.8, 4) is 11.4 Å². The molecule has 1 saturated heterocycles. The predicted octanol–water partition coefficient (Wildman–Crippen LogP) is 2.87. The fraction of sp³-hybridized carbons (Fsp3) is 0.462. The van der Waals surface area contributed by atoms with Crippen LogP contribution in [0.3, 0.4) is 0 Å². The van der Waals surface area contributed by atoms with Gasteiger partial charge in [0.25, 0.3) is 0 Å². The average molecular weight is 508 g/mol. The third-order valence-electron chi connectivity index (χ3n) is 6.91. The van der Waals surface area contributed by atoms with Crippen molar-refractivity contribution in [3.63, 3.8) is 0 Å². The van der Waals surface area contributed by atoms with E-state index in [1.165, 1.54) is 0 Å². The number of aromatic nitrogens is 4. The fourth-order valence-electron chi connectivity index (χ4n) is 5.05. The molecule has 1 aromatic carbocycles. The molecule has 0 bridgehead atoms. The maximum atomic E-state index is 13.5. The number of rotatable bonds is 9. The van der Waals surface area contributed by atoms with E-state index < -0.39 is 0 Å². The number of ether oxygens (including phenoxy) is 3. The number of carbonyl (C=O) groups excluding carboxylic acids is 1. The van der Waals surface area contributed by atoms with Crippen molar-refractivity contribution >= 4 is 29.0 Å². The van der Waals surface area contributed by atoms with Gasteiger partial charge in [0.1, 0.15) is 17.5 Å². The highest BCUT2D eigenvalue weighted by molar-refractivity contribution is 6.06. The van der Waals surface area contributed by atoms with E-state index in [2.05, 4.69) is 15.2 Å². The van der Waals surface area contributed by atoms with Gasteiger partial charge in [0.05, 0.1) is 43.2 Å². The molecule has 11 heteroatoms. The smallest absolute Gasteiger partial charge is 0.250 e. The van der Waals surface area contributed by atoms with Crippen LogP contribution in [-0.2, 0) is 20.7 Å². The lowest BCUT2D eigenvalue weighted by atomic mass is 10.1. The lowest BCUT2D eigenvalue weighted by molar-refractivity contribution is -0.120. The minimum Gasteiger partial charge on any atom is -0.494 e. The molecule has 2 aliphatic heterocycles. The first-order valence-corrected chi connectivity index (χ1v) is 12.4. The quantitative estimate of drug-likeness (QED) is 0.468. The molecule has 4 heterocycles. The van der Waals surface area contributed by atoms with Gasteiger partial charge < -0.3 is 33.9 Å². The van der Waals surface area contributed by atoms with Crippen LogP contribution in [0.1, 0.15) is 24.7 Å². The van der Waals surface area contributed by atoms with Crippen LogP contribution in [0.25, 0.3) is 5.69 Å². The number of hydrogen-bond acceptors (Lipinski definition) is 9. The van der Waals surface area contributed by atoms with Crippen LogP contribution >= 0.6 is 0 Å². The Kier molecular flexibility index (Phi) is 6.98. The van der Waals surface area contributed by atoms with Crippen LogP contribution in [0.4, 0.5) is 23.1 Å². The van der Waals surface area contributed by atoms with Gasteiger partial charge in [-0.15, -0.1) is 0 Å². The summed E-state index contributed by atoms with van der Waals surface area (Å²) in [7, 11) is 4.96. The van der Waals surface area contributed by atoms with Crippen LogP contribution < -0.4 is 19.9 Å². The van der Waals surface area contributed by atoms with Gasteiger partial charge in [-0.1, -0.05) is 6.92 Å². The first-order valence-electron chi connectivity index (χ1n) is 12.4. The normalized spacial score (nSPS) is 18.7. The summed E-state index contributed by atoms with van der Waals surface area (Å²) in [6.07, 6.45) is 4.94. The number of amides is 1. The lowest BCUT2D eigenvalue weighted by Gasteiger charge is -2.39. The summed E-state index contributed by atoms with van der Waals surface area (Å²) in [5.41, 5.74) is 4.15. The van der Waals surface area contributed by atoms with E-state index in [1.54, 1.807) is 32.6 Å². The van der Waals surface area contributed by atoms with Gasteiger partial charge in [0.2, 0.25) is 11.9 Å². The lowest BCUT2D eigenvalue weighted by Crippen LogP contribution is -2.52. The molecule has 1 amide bonds. The van der Waals surface area contributed by atoms with Crippen LogP contribution in [0.2, 0.25) is 0 Å². The third kappa shape index (κ3) is 4.60. The SMILES string of the molecule is CCc1nc(Nc2ccc(-n3cnc(C)c3)c(OC)c2)nc2c1N(CCOC)C(=O)C1CC(OC)CN21. The van der Waals surface area contributed by atoms with Gasteiger partial charge in [-0.05, 0) is 25.5 Å². The maximum absolute atomic E-state index is 13.5. The number of imidazole rings is 1. The Hall–Kier alpha value is -3.70. The van der Waals surface area contributed by atoms with E-state index in [0.717, 1.165) is 34.3 Å². The number of nitrogens with one attached hydrogen (secondary N) is 1. The molecule has 37 heavy (non-hydrogen) atoms. The molecule has 5 rings (SSSR count). The van der Waals surface area contributed by atoms with E-state index in [4.69, 9.17) is 24.2 Å². The molecule has 2 unspecified atom stereocenters. The first-order chi connectivity index (χ1) is 18.0. The summed E-state index contributed by atoms with van der Waals surface area (Å²) >= 11 is 0. The summed E-state index contributed by atoms with van der Waals surface area (Å²) in [6, 6.07) is 5.51. The fourth-order valence-corrected chi connectivity index (χ4v) is 5.05. The topological polar surface area (TPSA) is 107 Å². The molecular weight excluding hydrogens is 474 g/mol. The van der Waals surface area contributed by atoms with Crippen molar-refractivity contribution in [1.29, 1.82) is 0 Å². The number of anilines is 4. The molecule has 1 fully saturated rings. The zero-order chi connectivity index (χ0) is 26.1. The van der Waals surface area contributed by atoms with Gasteiger partial charge in [-0.2, -0.15) is 4.98 Å². The monoisotopic (exact) mass is 507 g/mol. The number of hydrogen-bond donors (Lipinski definition) is 1. The summed E-state index contributed by atoms with van der Waals surface area (Å²) in [4.78, 5) is 31.4. The highest BCUT2D eigenvalue weighted by Crippen LogP contribution is 2.42. The molecule has 2 aliphatic rings. The van der Waals surface area contributed by atoms with E-state index in [-0.39, 0.29) is 18.1 Å². The molecule has 0 aliphatic carbocycles. The zero-order valence-corrected chi connectivity index (χ0v) is 21.9. The van der Waals surface area contributed by atoms with E-state index >= 15 is 0 Å². The van der Waals surface area contributed by atoms with Gasteiger partial charge in [-0.3, -0.25) is 4.79 Å². The summed E-state index contributed by atoms with van der Waals surface area (Å²) in [6.45, 7) is 5.45. The molecular formula is C26H33N7O4. The minimum absolute atomic E-state index is 0.0377. The van der Waals surface area contributed by atoms with Gasteiger partial charge in [0, 0.05) is 51.7 Å². The number of nitrogens with zero attached hydrogens (tertiary/aromatic N) is 6. The van der Waals surface area contributed by atoms with Crippen molar-refractivity contribution in [1.82, 2.24) is 19.5 Å². The Morgan fingerprint density at radius 2 is 2.03 bits per heavy atom. The molecule has 0 spiro atoms. The van der Waals surface area contributed by atoms with Crippen molar-refractivity contribution in [2.75, 3.05) is 56.1 Å². The number of aryl methyl sites for hydroxylation is 2. The second-order valence-corrected chi connectivity index (χ2v) is 9.20. The predicted molar refractivity (Wildman–Crippen MR) is 140 cm³/mol. The first kappa shape index (κ1) is 25.0. The van der Waals surface area contributed by atoms with Gasteiger partial charge >= 0.3 is 0 Å². The number of carbonyl (C=O) groups is 1. The Labute approximate surface area is 216 Å². The van der Waals surface area contributed by atoms with Gasteiger partial charge in [-0.25, -0.2) is 9.97 Å². The third-order valence-corrected chi connectivity index (χ3v) is 6.91. The second kappa shape index (κ2) is 10.3. The number of fused-ring (bicyclic) bond motifs is 3. The molecule has 2 aromatic heterocycles. The second-order valence-electron chi connectivity index (χ2n) is 9.20. The molecule has 1 N–H and O–H groups in total. The minimum atomic E-state index is -0.320. The Morgan fingerprint density at radius 3 is 2.70 bits per heavy atom. The van der Waals surface area contributed by atoms with E-state index in [1.807, 2.05) is 42.8 Å². The molecule has 2 atom stereocenters. The molecule has 196 valence electrons. The maximum Gasteiger partial charge on any atom is 0.250 e. The van der Waals surface area contributed by atoms with Crippen LogP contribution in [-0.4, -0.2) is 78.6 Å². The average Bonchev–Trinajstić information content (AvgIpc) is 3.55.